The zero-order valence-electron chi connectivity index (χ0n) is 3.18. The molecule has 0 aliphatic heterocycles. The highest BCUT2D eigenvalue weighted by molar-refractivity contribution is 5.52. The molecule has 30 valence electrons. The highest BCUT2D eigenvalue weighted by Crippen LogP contribution is 1.52. The van der Waals surface area contributed by atoms with Crippen LogP contribution in [0.2, 0.25) is 0 Å². The summed E-state index contributed by atoms with van der Waals surface area (Å²) in [6, 6.07) is 0. The molecule has 0 atom stereocenters. The van der Waals surface area contributed by atoms with E-state index >= 15 is 0 Å². The predicted octanol–water partition coefficient (Wildman–Crippen LogP) is 0.0269. The van der Waals surface area contributed by atoms with Crippen molar-refractivity contribution in [1.82, 2.24) is 0 Å². The number of nitrogens with zero attached hydrogens (tertiary/aromatic N) is 1. The van der Waals surface area contributed by atoms with E-state index in [4.69, 9.17) is 5.11 Å². The van der Waals surface area contributed by atoms with E-state index < -0.39 is 0 Å². The molecule has 0 spiro atoms. The molecule has 0 aromatic carbocycles. The summed E-state index contributed by atoms with van der Waals surface area (Å²) >= 11 is 0. The van der Waals surface area contributed by atoms with Crippen molar-refractivity contribution in [2.45, 2.75) is 6.92 Å². The minimum absolute atomic E-state index is 0.0868. The van der Waals surface area contributed by atoms with Crippen molar-refractivity contribution in [3.63, 3.8) is 0 Å². The Bertz CT molecular complexity index is 33.9. The molecule has 0 unspecified atom stereocenters. The Morgan fingerprint density at radius 2 is 2.60 bits per heavy atom. The van der Waals surface area contributed by atoms with Crippen molar-refractivity contribution in [3.05, 3.63) is 0 Å². The summed E-state index contributed by atoms with van der Waals surface area (Å²) in [6.45, 7) is 1.67. The molecular formula is C3H7NO. The lowest BCUT2D eigenvalue weighted by atomic mass is 10.9. The fourth-order valence-corrected chi connectivity index (χ4v) is 0.0816. The molecule has 0 amide bonds. The van der Waals surface area contributed by atoms with E-state index in [0.29, 0.717) is 0 Å². The van der Waals surface area contributed by atoms with E-state index in [1.807, 2.05) is 0 Å². The molecule has 0 aromatic heterocycles. The Hall–Kier alpha value is -0.370. The molecule has 0 bridgehead atoms. The predicted molar refractivity (Wildman–Crippen MR) is 21.3 cm³/mol. The van der Waals surface area contributed by atoms with Gasteiger partial charge in [-0.25, -0.2) is 0 Å². The number of aliphatic hydroxyl groups is 1. The Morgan fingerprint density at radius 1 is 2.00 bits per heavy atom. The largest absolute Gasteiger partial charge is 0.375 e. The van der Waals surface area contributed by atoms with Crippen molar-refractivity contribution in [2.75, 3.05) is 6.73 Å². The maximum atomic E-state index is 7.87. The molecule has 0 aromatic rings. The third-order valence-electron chi connectivity index (χ3n) is 0.264. The second-order valence-electron chi connectivity index (χ2n) is 0.582. The Morgan fingerprint density at radius 3 is 2.60 bits per heavy atom. The molecule has 0 heterocycles. The maximum absolute atomic E-state index is 7.87. The number of hydrogen-bond acceptors (Lipinski definition) is 2. The lowest BCUT2D eigenvalue weighted by molar-refractivity contribution is 0.310. The summed E-state index contributed by atoms with van der Waals surface area (Å²) in [5, 5.41) is 7.87. The topological polar surface area (TPSA) is 32.6 Å². The average molecular weight is 73.1 g/mol. The fraction of sp³-hybridized carbons (Fsp3) is 0.667. The molecule has 0 saturated carbocycles. The van der Waals surface area contributed by atoms with Gasteiger partial charge in [-0.2, -0.15) is 0 Å². The van der Waals surface area contributed by atoms with Crippen molar-refractivity contribution in [1.29, 1.82) is 0 Å². The van der Waals surface area contributed by atoms with Gasteiger partial charge in [0, 0.05) is 0 Å². The second-order valence-corrected chi connectivity index (χ2v) is 0.582. The Balaban J connectivity index is 2.62. The highest BCUT2D eigenvalue weighted by atomic mass is 16.3. The molecule has 0 aliphatic rings. The van der Waals surface area contributed by atoms with Gasteiger partial charge in [0.15, 0.2) is 0 Å². The quantitative estimate of drug-likeness (QED) is 0.436. The first kappa shape index (κ1) is 4.63. The molecule has 0 saturated heterocycles. The zero-order valence-corrected chi connectivity index (χ0v) is 3.18. The van der Waals surface area contributed by atoms with Crippen LogP contribution >= 0.6 is 0 Å². The van der Waals surface area contributed by atoms with Gasteiger partial charge in [0.1, 0.15) is 6.73 Å². The normalized spacial score (nSPS) is 10.0. The van der Waals surface area contributed by atoms with Gasteiger partial charge in [0.2, 0.25) is 0 Å². The first-order valence-electron chi connectivity index (χ1n) is 1.47. The van der Waals surface area contributed by atoms with Crippen LogP contribution in [0, 0.1) is 0 Å². The van der Waals surface area contributed by atoms with Crippen LogP contribution < -0.4 is 0 Å². The molecule has 2 nitrogen and oxygen atoms in total. The summed E-state index contributed by atoms with van der Waals surface area (Å²) in [7, 11) is 0. The highest BCUT2D eigenvalue weighted by Gasteiger charge is 1.51. The maximum Gasteiger partial charge on any atom is 0.133 e. The Labute approximate surface area is 31.2 Å². The average Bonchev–Trinajstić information content (AvgIpc) is 1.41. The van der Waals surface area contributed by atoms with Crippen LogP contribution in [0.5, 0.6) is 0 Å². The summed E-state index contributed by atoms with van der Waals surface area (Å²) < 4.78 is 0. The van der Waals surface area contributed by atoms with E-state index in [-0.39, 0.29) is 6.73 Å². The smallest absolute Gasteiger partial charge is 0.133 e. The van der Waals surface area contributed by atoms with Crippen LogP contribution in [0.25, 0.3) is 0 Å². The van der Waals surface area contributed by atoms with Crippen molar-refractivity contribution >= 4 is 6.21 Å². The van der Waals surface area contributed by atoms with Crippen LogP contribution in [0.3, 0.4) is 0 Å². The minimum atomic E-state index is -0.0868. The number of rotatable bonds is 1. The summed E-state index contributed by atoms with van der Waals surface area (Å²) in [5.74, 6) is 0. The first-order chi connectivity index (χ1) is 2.41. The molecule has 0 rings (SSSR count). The molecular weight excluding hydrogens is 66.0 g/mol. The van der Waals surface area contributed by atoms with Crippen molar-refractivity contribution < 1.29 is 5.11 Å². The summed E-state index contributed by atoms with van der Waals surface area (Å²) in [5.41, 5.74) is 0. The fourth-order valence-electron chi connectivity index (χ4n) is 0.0816. The van der Waals surface area contributed by atoms with Crippen LogP contribution in [-0.4, -0.2) is 18.1 Å². The van der Waals surface area contributed by atoms with Crippen LogP contribution in [0.15, 0.2) is 4.99 Å². The summed E-state index contributed by atoms with van der Waals surface area (Å²) in [4.78, 5) is 3.40. The monoisotopic (exact) mass is 73.1 g/mol. The van der Waals surface area contributed by atoms with Gasteiger partial charge in [-0.3, -0.25) is 4.99 Å². The van der Waals surface area contributed by atoms with E-state index in [9.17, 15) is 0 Å². The number of hydrogen-bond donors (Lipinski definition) is 1. The third kappa shape index (κ3) is 3.63. The molecule has 0 fully saturated rings. The van der Waals surface area contributed by atoms with Gasteiger partial charge < -0.3 is 5.11 Å². The van der Waals surface area contributed by atoms with Gasteiger partial charge >= 0.3 is 0 Å². The standard InChI is InChI=1S/C3H7NO/c1-2-4-3-5/h2,5H,3H2,1H3. The van der Waals surface area contributed by atoms with Gasteiger partial charge in [0.25, 0.3) is 0 Å². The van der Waals surface area contributed by atoms with Crippen molar-refractivity contribution in [3.8, 4) is 0 Å². The Kier molecular flexibility index (Phi) is 3.36. The lowest BCUT2D eigenvalue weighted by Crippen LogP contribution is -1.69. The van der Waals surface area contributed by atoms with E-state index in [1.165, 1.54) is 0 Å². The van der Waals surface area contributed by atoms with Crippen LogP contribution in [0.1, 0.15) is 6.92 Å². The summed E-state index contributed by atoms with van der Waals surface area (Å²) in [6.07, 6.45) is 1.56. The minimum Gasteiger partial charge on any atom is -0.375 e. The van der Waals surface area contributed by atoms with Gasteiger partial charge in [0.05, 0.1) is 0 Å². The van der Waals surface area contributed by atoms with Gasteiger partial charge in [-0.1, -0.05) is 0 Å². The molecule has 2 heteroatoms. The van der Waals surface area contributed by atoms with Crippen molar-refractivity contribution in [2.24, 2.45) is 4.99 Å². The van der Waals surface area contributed by atoms with E-state index in [1.54, 1.807) is 13.1 Å². The van der Waals surface area contributed by atoms with Crippen LogP contribution in [0.4, 0.5) is 0 Å². The zero-order chi connectivity index (χ0) is 4.12. The lowest BCUT2D eigenvalue weighted by Gasteiger charge is -1.68. The molecule has 1 N–H and O–H groups in total. The van der Waals surface area contributed by atoms with Crippen LogP contribution in [-0.2, 0) is 0 Å². The number of aliphatic hydroxyl groups excluding tert-OH is 1. The SMILES string of the molecule is CC=NCO. The van der Waals surface area contributed by atoms with Gasteiger partial charge in [-0.05, 0) is 13.1 Å². The third-order valence-corrected chi connectivity index (χ3v) is 0.264. The number of aliphatic imine (C=N–C) groups is 1. The first-order valence-corrected chi connectivity index (χ1v) is 1.47. The van der Waals surface area contributed by atoms with E-state index in [2.05, 4.69) is 4.99 Å². The molecule has 0 radical (unpaired) electrons. The second kappa shape index (κ2) is 3.63. The molecule has 5 heavy (non-hydrogen) atoms. The van der Waals surface area contributed by atoms with E-state index in [0.717, 1.165) is 0 Å². The molecule has 0 aliphatic carbocycles. The van der Waals surface area contributed by atoms with Gasteiger partial charge in [-0.15, -0.1) is 0 Å².